The van der Waals surface area contributed by atoms with Gasteiger partial charge in [-0.15, -0.1) is 0 Å². The van der Waals surface area contributed by atoms with Gasteiger partial charge >= 0.3 is 0 Å². The van der Waals surface area contributed by atoms with Gasteiger partial charge in [0.2, 0.25) is 8.32 Å². The minimum Gasteiger partial charge on any atom is -0.544 e. The molecule has 0 fully saturated rings. The van der Waals surface area contributed by atoms with Crippen LogP contribution < -0.4 is 10.2 Å². The van der Waals surface area contributed by atoms with Crippen molar-refractivity contribution in [3.8, 4) is 5.75 Å². The van der Waals surface area contributed by atoms with Gasteiger partial charge < -0.3 is 10.2 Å². The van der Waals surface area contributed by atoms with E-state index < -0.39 is 8.32 Å². The summed E-state index contributed by atoms with van der Waals surface area (Å²) in [6.07, 6.45) is 0. The Morgan fingerprint density at radius 3 is 1.81 bits per heavy atom. The lowest BCUT2D eigenvalue weighted by Gasteiger charge is -2.36. The summed E-state index contributed by atoms with van der Waals surface area (Å²) in [7, 11) is -0.146. The van der Waals surface area contributed by atoms with Crippen LogP contribution in [0.2, 0.25) is 18.1 Å². The molecule has 0 atom stereocenters. The van der Waals surface area contributed by atoms with E-state index >= 15 is 0 Å². The fourth-order valence-electron chi connectivity index (χ4n) is 0.936. The average molecular weight is 239 g/mol. The maximum absolute atomic E-state index is 6.11. The SMILES string of the molecule is CC(C)(C)[Si](C)(C)Oc1ccccc1.CN. The predicted octanol–water partition coefficient (Wildman–Crippen LogP) is 3.65. The van der Waals surface area contributed by atoms with E-state index in [0.29, 0.717) is 0 Å². The van der Waals surface area contributed by atoms with Gasteiger partial charge in [0.05, 0.1) is 0 Å². The van der Waals surface area contributed by atoms with E-state index in [-0.39, 0.29) is 5.04 Å². The molecule has 0 aromatic heterocycles. The van der Waals surface area contributed by atoms with Gasteiger partial charge in [-0.05, 0) is 37.3 Å². The Labute approximate surface area is 101 Å². The highest BCUT2D eigenvalue weighted by Gasteiger charge is 2.38. The highest BCUT2D eigenvalue weighted by Crippen LogP contribution is 2.37. The van der Waals surface area contributed by atoms with E-state index in [2.05, 4.69) is 39.6 Å². The lowest BCUT2D eigenvalue weighted by atomic mass is 10.2. The van der Waals surface area contributed by atoms with Crippen LogP contribution in [-0.2, 0) is 0 Å². The lowest BCUT2D eigenvalue weighted by Crippen LogP contribution is -2.43. The zero-order valence-corrected chi connectivity index (χ0v) is 12.4. The molecule has 0 aliphatic rings. The van der Waals surface area contributed by atoms with Crippen LogP contribution in [0.4, 0.5) is 0 Å². The van der Waals surface area contributed by atoms with Crippen LogP contribution >= 0.6 is 0 Å². The Hall–Kier alpha value is -0.803. The second-order valence-electron chi connectivity index (χ2n) is 5.18. The minimum atomic E-state index is -1.65. The summed E-state index contributed by atoms with van der Waals surface area (Å²) in [5.74, 6) is 0.999. The van der Waals surface area contributed by atoms with Crippen LogP contribution in [0.15, 0.2) is 30.3 Å². The number of hydrogen-bond acceptors (Lipinski definition) is 2. The highest BCUT2D eigenvalue weighted by molar-refractivity contribution is 6.74. The molecule has 0 aliphatic heterocycles. The van der Waals surface area contributed by atoms with Crippen LogP contribution in [0.3, 0.4) is 0 Å². The Bertz CT molecular complexity index is 291. The van der Waals surface area contributed by atoms with E-state index in [1.54, 1.807) is 0 Å². The molecule has 0 saturated carbocycles. The Kier molecular flexibility index (Phi) is 5.76. The maximum atomic E-state index is 6.11. The van der Waals surface area contributed by atoms with E-state index in [1.165, 1.54) is 7.05 Å². The zero-order chi connectivity index (χ0) is 12.8. The van der Waals surface area contributed by atoms with Gasteiger partial charge in [-0.25, -0.2) is 0 Å². The molecule has 16 heavy (non-hydrogen) atoms. The van der Waals surface area contributed by atoms with Gasteiger partial charge in [-0.2, -0.15) is 0 Å². The summed E-state index contributed by atoms with van der Waals surface area (Å²) in [5.41, 5.74) is 4.50. The van der Waals surface area contributed by atoms with Crippen molar-refractivity contribution in [3.05, 3.63) is 30.3 Å². The van der Waals surface area contributed by atoms with Crippen LogP contribution in [0.25, 0.3) is 0 Å². The molecule has 0 saturated heterocycles. The number of para-hydroxylation sites is 1. The quantitative estimate of drug-likeness (QED) is 0.800. The van der Waals surface area contributed by atoms with Crippen molar-refractivity contribution in [1.82, 2.24) is 0 Å². The third-order valence-electron chi connectivity index (χ3n) is 2.92. The molecule has 0 bridgehead atoms. The first-order valence-corrected chi connectivity index (χ1v) is 8.55. The average Bonchev–Trinajstić information content (AvgIpc) is 2.20. The number of benzene rings is 1. The van der Waals surface area contributed by atoms with Gasteiger partial charge in [0.1, 0.15) is 5.75 Å². The van der Waals surface area contributed by atoms with Crippen LogP contribution in [0.5, 0.6) is 5.75 Å². The first kappa shape index (κ1) is 15.2. The van der Waals surface area contributed by atoms with Gasteiger partial charge in [-0.1, -0.05) is 39.0 Å². The lowest BCUT2D eigenvalue weighted by molar-refractivity contribution is 0.492. The van der Waals surface area contributed by atoms with Gasteiger partial charge in [0.25, 0.3) is 0 Å². The van der Waals surface area contributed by atoms with Crippen molar-refractivity contribution in [3.63, 3.8) is 0 Å². The van der Waals surface area contributed by atoms with Crippen molar-refractivity contribution in [1.29, 1.82) is 0 Å². The number of rotatable bonds is 2. The molecule has 92 valence electrons. The summed E-state index contributed by atoms with van der Waals surface area (Å²) in [4.78, 5) is 0. The first-order valence-electron chi connectivity index (χ1n) is 5.65. The molecule has 0 aliphatic carbocycles. The predicted molar refractivity (Wildman–Crippen MR) is 74.4 cm³/mol. The van der Waals surface area contributed by atoms with Crippen LogP contribution in [0.1, 0.15) is 20.8 Å². The normalized spacial score (nSPS) is 11.4. The third-order valence-corrected chi connectivity index (χ3v) is 7.28. The Balaban J connectivity index is 0.00000106. The molecule has 2 N–H and O–H groups in total. The molecule has 0 unspecified atom stereocenters. The third kappa shape index (κ3) is 4.37. The molecule has 0 amide bonds. The molecule has 1 aromatic rings. The second-order valence-corrected chi connectivity index (χ2v) is 9.90. The first-order chi connectivity index (χ1) is 7.33. The summed E-state index contributed by atoms with van der Waals surface area (Å²) in [6.45, 7) is 11.3. The standard InChI is InChI=1S/C12H20OSi.CH5N/c1-12(2,3)14(4,5)13-11-9-7-6-8-10-11;1-2/h6-10H,1-5H3;2H2,1H3. The molecule has 1 rings (SSSR count). The van der Waals surface area contributed by atoms with E-state index in [1.807, 2.05) is 30.3 Å². The molecular formula is C13H25NOSi. The van der Waals surface area contributed by atoms with Crippen molar-refractivity contribution in [2.24, 2.45) is 5.73 Å². The molecule has 0 heterocycles. The molecule has 3 heteroatoms. The number of hydrogen-bond donors (Lipinski definition) is 1. The van der Waals surface area contributed by atoms with Crippen molar-refractivity contribution in [2.45, 2.75) is 38.9 Å². The fraction of sp³-hybridized carbons (Fsp3) is 0.538. The molecule has 0 radical (unpaired) electrons. The van der Waals surface area contributed by atoms with Gasteiger partial charge in [-0.3, -0.25) is 0 Å². The summed E-state index contributed by atoms with van der Waals surface area (Å²) < 4.78 is 6.11. The van der Waals surface area contributed by atoms with E-state index in [0.717, 1.165) is 5.75 Å². The largest absolute Gasteiger partial charge is 0.544 e. The zero-order valence-electron chi connectivity index (χ0n) is 11.4. The van der Waals surface area contributed by atoms with E-state index in [9.17, 15) is 0 Å². The summed E-state index contributed by atoms with van der Waals surface area (Å²) >= 11 is 0. The summed E-state index contributed by atoms with van der Waals surface area (Å²) in [6, 6.07) is 10.1. The molecule has 2 nitrogen and oxygen atoms in total. The molecule has 1 aromatic carbocycles. The highest BCUT2D eigenvalue weighted by atomic mass is 28.4. The molecular weight excluding hydrogens is 214 g/mol. The topological polar surface area (TPSA) is 35.2 Å². The Morgan fingerprint density at radius 1 is 1.00 bits per heavy atom. The number of nitrogens with two attached hydrogens (primary N) is 1. The van der Waals surface area contributed by atoms with Crippen LogP contribution in [-0.4, -0.2) is 15.4 Å². The van der Waals surface area contributed by atoms with Crippen molar-refractivity contribution in [2.75, 3.05) is 7.05 Å². The molecule has 0 spiro atoms. The maximum Gasteiger partial charge on any atom is 0.250 e. The van der Waals surface area contributed by atoms with E-state index in [4.69, 9.17) is 4.43 Å². The van der Waals surface area contributed by atoms with Crippen molar-refractivity contribution < 1.29 is 4.43 Å². The second kappa shape index (κ2) is 6.06. The minimum absolute atomic E-state index is 0.267. The smallest absolute Gasteiger partial charge is 0.250 e. The monoisotopic (exact) mass is 239 g/mol. The van der Waals surface area contributed by atoms with Gasteiger partial charge in [0, 0.05) is 0 Å². The van der Waals surface area contributed by atoms with Gasteiger partial charge in [0.15, 0.2) is 0 Å². The van der Waals surface area contributed by atoms with Crippen LogP contribution in [0, 0.1) is 0 Å². The van der Waals surface area contributed by atoms with Crippen molar-refractivity contribution >= 4 is 8.32 Å². The summed E-state index contributed by atoms with van der Waals surface area (Å²) in [5, 5.41) is 0.267. The fourth-order valence-corrected chi connectivity index (χ4v) is 1.97. The Morgan fingerprint density at radius 2 is 1.44 bits per heavy atom.